The highest BCUT2D eigenvalue weighted by Crippen LogP contribution is 2.18. The molecule has 0 aliphatic rings. The van der Waals surface area contributed by atoms with E-state index in [2.05, 4.69) is 4.98 Å². The van der Waals surface area contributed by atoms with Gasteiger partial charge < -0.3 is 14.2 Å². The molecule has 0 unspecified atom stereocenters. The summed E-state index contributed by atoms with van der Waals surface area (Å²) in [6.45, 7) is 2.30. The maximum absolute atomic E-state index is 10.4. The van der Waals surface area contributed by atoms with Crippen LogP contribution in [0, 0.1) is 6.92 Å². The number of ether oxygens (including phenoxy) is 1. The van der Waals surface area contributed by atoms with Crippen molar-refractivity contribution in [3.63, 3.8) is 0 Å². The van der Waals surface area contributed by atoms with Gasteiger partial charge in [0.25, 0.3) is 0 Å². The van der Waals surface area contributed by atoms with Crippen molar-refractivity contribution < 1.29 is 14.6 Å². The number of carbonyl (C=O) groups is 1. The summed E-state index contributed by atoms with van der Waals surface area (Å²) in [6, 6.07) is 3.71. The van der Waals surface area contributed by atoms with Gasteiger partial charge in [0.2, 0.25) is 0 Å². The highest BCUT2D eigenvalue weighted by atomic mass is 16.5. The van der Waals surface area contributed by atoms with Crippen LogP contribution >= 0.6 is 0 Å². The normalized spacial score (nSPS) is 10.6. The van der Waals surface area contributed by atoms with E-state index in [1.54, 1.807) is 0 Å². The van der Waals surface area contributed by atoms with E-state index in [0.29, 0.717) is 18.8 Å². The second-order valence-electron chi connectivity index (χ2n) is 3.83. The Balaban J connectivity index is 2.05. The molecule has 0 saturated carbocycles. The quantitative estimate of drug-likeness (QED) is 0.802. The van der Waals surface area contributed by atoms with Crippen LogP contribution in [0.15, 0.2) is 24.5 Å². The second kappa shape index (κ2) is 4.86. The molecule has 2 rings (SSSR count). The number of aryl methyl sites for hydroxylation is 1. The standard InChI is InChI=1S/C12H14N2O3/c1-9-8-14-6-2-4-10(12(14)13-9)17-7-3-5-11(15)16/h2,4,6,8H,3,5,7H2,1H3,(H,15,16). The van der Waals surface area contributed by atoms with Gasteiger partial charge in [-0.1, -0.05) is 0 Å². The first kappa shape index (κ1) is 11.4. The predicted molar refractivity (Wildman–Crippen MR) is 62.3 cm³/mol. The molecule has 2 aromatic rings. The fraction of sp³-hybridized carbons (Fsp3) is 0.333. The smallest absolute Gasteiger partial charge is 0.303 e. The number of hydrogen-bond acceptors (Lipinski definition) is 3. The number of nitrogens with zero attached hydrogens (tertiary/aromatic N) is 2. The molecule has 2 aromatic heterocycles. The molecule has 0 aliphatic heterocycles. The molecule has 0 saturated heterocycles. The molecule has 90 valence electrons. The fourth-order valence-electron chi connectivity index (χ4n) is 1.63. The number of fused-ring (bicyclic) bond motifs is 1. The Hall–Kier alpha value is -2.04. The van der Waals surface area contributed by atoms with Crippen molar-refractivity contribution in [2.24, 2.45) is 0 Å². The number of aromatic nitrogens is 2. The molecule has 5 nitrogen and oxygen atoms in total. The zero-order valence-electron chi connectivity index (χ0n) is 9.59. The first-order chi connectivity index (χ1) is 8.16. The molecule has 0 amide bonds. The molecule has 1 N–H and O–H groups in total. The maximum Gasteiger partial charge on any atom is 0.303 e. The average Bonchev–Trinajstić information content (AvgIpc) is 2.65. The lowest BCUT2D eigenvalue weighted by Gasteiger charge is -2.05. The van der Waals surface area contributed by atoms with E-state index < -0.39 is 5.97 Å². The minimum Gasteiger partial charge on any atom is -0.490 e. The van der Waals surface area contributed by atoms with Gasteiger partial charge in [0, 0.05) is 18.8 Å². The zero-order chi connectivity index (χ0) is 12.3. The zero-order valence-corrected chi connectivity index (χ0v) is 9.59. The van der Waals surface area contributed by atoms with Crippen LogP contribution in [0.25, 0.3) is 5.65 Å². The number of hydrogen-bond donors (Lipinski definition) is 1. The van der Waals surface area contributed by atoms with Gasteiger partial charge in [-0.3, -0.25) is 4.79 Å². The van der Waals surface area contributed by atoms with Crippen LogP contribution in [0.2, 0.25) is 0 Å². The molecule has 0 radical (unpaired) electrons. The lowest BCUT2D eigenvalue weighted by Crippen LogP contribution is -2.03. The Kier molecular flexibility index (Phi) is 3.27. The lowest BCUT2D eigenvalue weighted by molar-refractivity contribution is -0.137. The molecule has 0 spiro atoms. The first-order valence-electron chi connectivity index (χ1n) is 5.46. The second-order valence-corrected chi connectivity index (χ2v) is 3.83. The van der Waals surface area contributed by atoms with Crippen molar-refractivity contribution in [1.29, 1.82) is 0 Å². The van der Waals surface area contributed by atoms with E-state index in [1.165, 1.54) is 0 Å². The highest BCUT2D eigenvalue weighted by molar-refractivity contribution is 5.66. The van der Waals surface area contributed by atoms with Crippen molar-refractivity contribution in [1.82, 2.24) is 9.38 Å². The summed E-state index contributed by atoms with van der Waals surface area (Å²) in [5, 5.41) is 8.51. The van der Waals surface area contributed by atoms with Gasteiger partial charge in [-0.15, -0.1) is 0 Å². The average molecular weight is 234 g/mol. The summed E-state index contributed by atoms with van der Waals surface area (Å²) in [6.07, 6.45) is 4.44. The number of carboxylic acid groups (broad SMARTS) is 1. The number of aliphatic carboxylic acids is 1. The summed E-state index contributed by atoms with van der Waals surface area (Å²) in [7, 11) is 0. The van der Waals surface area contributed by atoms with Crippen molar-refractivity contribution in [3.8, 4) is 5.75 Å². The molecule has 2 heterocycles. The Morgan fingerprint density at radius 3 is 3.18 bits per heavy atom. The van der Waals surface area contributed by atoms with Gasteiger partial charge >= 0.3 is 5.97 Å². The molecule has 5 heteroatoms. The largest absolute Gasteiger partial charge is 0.490 e. The van der Waals surface area contributed by atoms with E-state index in [1.807, 2.05) is 35.9 Å². The van der Waals surface area contributed by atoms with Gasteiger partial charge in [-0.2, -0.15) is 0 Å². The SMILES string of the molecule is Cc1cn2cccc(OCCCC(=O)O)c2n1. The number of imidazole rings is 1. The predicted octanol–water partition coefficient (Wildman–Crippen LogP) is 1.89. The summed E-state index contributed by atoms with van der Waals surface area (Å²) in [5.41, 5.74) is 1.69. The topological polar surface area (TPSA) is 63.8 Å². The maximum atomic E-state index is 10.4. The van der Waals surface area contributed by atoms with Gasteiger partial charge in [0.15, 0.2) is 11.4 Å². The first-order valence-corrected chi connectivity index (χ1v) is 5.46. The van der Waals surface area contributed by atoms with E-state index in [0.717, 1.165) is 11.3 Å². The number of rotatable bonds is 5. The lowest BCUT2D eigenvalue weighted by atomic mass is 10.3. The molecular formula is C12H14N2O3. The molecule has 0 aromatic carbocycles. The Bertz CT molecular complexity index is 534. The van der Waals surface area contributed by atoms with E-state index in [-0.39, 0.29) is 6.42 Å². The minimum absolute atomic E-state index is 0.122. The van der Waals surface area contributed by atoms with Crippen LogP contribution in [-0.2, 0) is 4.79 Å². The molecule has 17 heavy (non-hydrogen) atoms. The van der Waals surface area contributed by atoms with Crippen LogP contribution in [0.3, 0.4) is 0 Å². The van der Waals surface area contributed by atoms with Crippen molar-refractivity contribution in [3.05, 3.63) is 30.2 Å². The van der Waals surface area contributed by atoms with Gasteiger partial charge in [-0.25, -0.2) is 4.98 Å². The Labute approximate surface area is 98.7 Å². The van der Waals surface area contributed by atoms with Crippen molar-refractivity contribution >= 4 is 11.6 Å². The minimum atomic E-state index is -0.802. The number of carboxylic acids is 1. The van der Waals surface area contributed by atoms with Crippen LogP contribution < -0.4 is 4.74 Å². The summed E-state index contributed by atoms with van der Waals surface area (Å²) in [5.74, 6) is -0.116. The van der Waals surface area contributed by atoms with E-state index in [4.69, 9.17) is 9.84 Å². The van der Waals surface area contributed by atoms with Crippen molar-refractivity contribution in [2.45, 2.75) is 19.8 Å². The van der Waals surface area contributed by atoms with Crippen LogP contribution in [0.4, 0.5) is 0 Å². The monoisotopic (exact) mass is 234 g/mol. The third kappa shape index (κ3) is 2.75. The van der Waals surface area contributed by atoms with E-state index in [9.17, 15) is 4.79 Å². The van der Waals surface area contributed by atoms with Crippen molar-refractivity contribution in [2.75, 3.05) is 6.61 Å². The molecule has 0 bridgehead atoms. The van der Waals surface area contributed by atoms with Crippen LogP contribution in [0.5, 0.6) is 5.75 Å². The van der Waals surface area contributed by atoms with Crippen LogP contribution in [0.1, 0.15) is 18.5 Å². The molecule has 0 fully saturated rings. The van der Waals surface area contributed by atoms with Crippen LogP contribution in [-0.4, -0.2) is 27.1 Å². The summed E-state index contributed by atoms with van der Waals surface area (Å²) in [4.78, 5) is 14.7. The Morgan fingerprint density at radius 1 is 1.59 bits per heavy atom. The molecular weight excluding hydrogens is 220 g/mol. The van der Waals surface area contributed by atoms with Gasteiger partial charge in [0.05, 0.1) is 12.3 Å². The third-order valence-corrected chi connectivity index (χ3v) is 2.36. The fourth-order valence-corrected chi connectivity index (χ4v) is 1.63. The summed E-state index contributed by atoms with van der Waals surface area (Å²) < 4.78 is 7.43. The Morgan fingerprint density at radius 2 is 2.41 bits per heavy atom. The number of pyridine rings is 1. The van der Waals surface area contributed by atoms with Gasteiger partial charge in [-0.05, 0) is 25.5 Å². The molecule has 0 atom stereocenters. The highest BCUT2D eigenvalue weighted by Gasteiger charge is 2.05. The summed E-state index contributed by atoms with van der Waals surface area (Å²) >= 11 is 0. The van der Waals surface area contributed by atoms with Gasteiger partial charge in [0.1, 0.15) is 0 Å². The van der Waals surface area contributed by atoms with E-state index >= 15 is 0 Å². The molecule has 0 aliphatic carbocycles. The third-order valence-electron chi connectivity index (χ3n) is 2.36.